The number of rotatable bonds is 1. The van der Waals surface area contributed by atoms with Crippen molar-refractivity contribution in [2.24, 2.45) is 0 Å². The summed E-state index contributed by atoms with van der Waals surface area (Å²) in [7, 11) is 0. The molecule has 0 spiro atoms. The topological polar surface area (TPSA) is 8.81 Å². The van der Waals surface area contributed by atoms with E-state index >= 15 is 0 Å². The van der Waals surface area contributed by atoms with E-state index in [1.54, 1.807) is 12.1 Å². The van der Waals surface area contributed by atoms with Crippen LogP contribution in [0, 0.1) is 26.0 Å². The van der Waals surface area contributed by atoms with E-state index in [1.807, 2.05) is 6.07 Å². The molecular formula is C27H27FN2. The highest BCUT2D eigenvalue weighted by Gasteiger charge is 2.44. The molecule has 0 atom stereocenters. The smallest absolute Gasteiger partial charge is 0.269 e. The van der Waals surface area contributed by atoms with Gasteiger partial charge in [-0.1, -0.05) is 64.1 Å². The van der Waals surface area contributed by atoms with E-state index in [-0.39, 0.29) is 16.6 Å². The highest BCUT2D eigenvalue weighted by Crippen LogP contribution is 2.48. The van der Waals surface area contributed by atoms with Crippen LogP contribution in [0.2, 0.25) is 0 Å². The zero-order chi connectivity index (χ0) is 21.4. The van der Waals surface area contributed by atoms with Gasteiger partial charge in [-0.3, -0.25) is 9.13 Å². The van der Waals surface area contributed by atoms with Gasteiger partial charge >= 0.3 is 0 Å². The van der Waals surface area contributed by atoms with Crippen LogP contribution in [-0.2, 0) is 10.8 Å². The molecule has 0 unspecified atom stereocenters. The Morgan fingerprint density at radius 1 is 0.833 bits per heavy atom. The molecule has 0 N–H and O–H groups in total. The zero-order valence-electron chi connectivity index (χ0n) is 18.5. The molecule has 3 heteroatoms. The van der Waals surface area contributed by atoms with Crippen molar-refractivity contribution in [2.45, 2.75) is 52.4 Å². The summed E-state index contributed by atoms with van der Waals surface area (Å²) in [6, 6.07) is 18.0. The SMILES string of the molecule is Cc1cccc(C)c1-n1[c-][n+]2c3c(cccc31)C(C)(C)C(C)(C)c1cc(F)ccc1-2. The Balaban J connectivity index is 1.98. The lowest BCUT2D eigenvalue weighted by Crippen LogP contribution is -2.40. The maximum atomic E-state index is 14.4. The van der Waals surface area contributed by atoms with Gasteiger partial charge in [-0.25, -0.2) is 4.39 Å². The summed E-state index contributed by atoms with van der Waals surface area (Å²) in [6.07, 6.45) is 3.63. The zero-order valence-corrected chi connectivity index (χ0v) is 18.5. The number of hydrogen-bond acceptors (Lipinski definition) is 0. The minimum Gasteiger partial charge on any atom is -0.291 e. The molecule has 30 heavy (non-hydrogen) atoms. The minimum absolute atomic E-state index is 0.199. The van der Waals surface area contributed by atoms with Crippen LogP contribution in [0.5, 0.6) is 0 Å². The van der Waals surface area contributed by atoms with Crippen molar-refractivity contribution in [1.82, 2.24) is 4.57 Å². The van der Waals surface area contributed by atoms with Crippen molar-refractivity contribution >= 4 is 11.0 Å². The standard InChI is InChI=1S/C27H27FN2/c1-17-9-7-10-18(2)24(17)30-16-29-22-14-13-19(28)15-21(22)27(5,6)26(3,4)20-11-8-12-23(30)25(20)29/h7-15H,1-6H3. The molecule has 0 saturated carbocycles. The number of aryl methyl sites for hydroxylation is 2. The van der Waals surface area contributed by atoms with Crippen LogP contribution in [0.15, 0.2) is 54.6 Å². The van der Waals surface area contributed by atoms with Crippen LogP contribution in [0.25, 0.3) is 22.4 Å². The second-order valence-corrected chi connectivity index (χ2v) is 9.60. The van der Waals surface area contributed by atoms with Crippen molar-refractivity contribution in [3.63, 3.8) is 0 Å². The molecule has 152 valence electrons. The molecule has 3 aromatic carbocycles. The number of benzene rings is 3. The summed E-state index contributed by atoms with van der Waals surface area (Å²) in [5.41, 5.74) is 8.59. The van der Waals surface area contributed by atoms with Crippen LogP contribution in [-0.4, -0.2) is 4.57 Å². The fourth-order valence-corrected chi connectivity index (χ4v) is 5.04. The van der Waals surface area contributed by atoms with Crippen molar-refractivity contribution in [1.29, 1.82) is 0 Å². The fourth-order valence-electron chi connectivity index (χ4n) is 5.04. The lowest BCUT2D eigenvalue weighted by Gasteiger charge is -2.42. The molecule has 0 radical (unpaired) electrons. The molecule has 0 bridgehead atoms. The quantitative estimate of drug-likeness (QED) is 0.273. The predicted octanol–water partition coefficient (Wildman–Crippen LogP) is 6.03. The van der Waals surface area contributed by atoms with E-state index in [0.29, 0.717) is 0 Å². The van der Waals surface area contributed by atoms with Gasteiger partial charge in [0, 0.05) is 0 Å². The maximum Gasteiger partial charge on any atom is 0.269 e. The second kappa shape index (κ2) is 6.04. The molecule has 2 nitrogen and oxygen atoms in total. The molecule has 0 fully saturated rings. The minimum atomic E-state index is -0.269. The molecule has 0 saturated heterocycles. The van der Waals surface area contributed by atoms with E-state index < -0.39 is 0 Å². The average molecular weight is 399 g/mol. The van der Waals surface area contributed by atoms with Gasteiger partial charge < -0.3 is 0 Å². The molecular weight excluding hydrogens is 371 g/mol. The third-order valence-electron chi connectivity index (χ3n) is 7.45. The number of fused-ring (bicyclic) bond motifs is 2. The van der Waals surface area contributed by atoms with Crippen molar-refractivity contribution in [2.75, 3.05) is 0 Å². The number of nitrogens with zero attached hydrogens (tertiary/aromatic N) is 2. The van der Waals surface area contributed by atoms with E-state index in [1.165, 1.54) is 16.7 Å². The van der Waals surface area contributed by atoms with Gasteiger partial charge in [0.2, 0.25) is 0 Å². The van der Waals surface area contributed by atoms with Gasteiger partial charge in [0.05, 0.1) is 22.4 Å². The van der Waals surface area contributed by atoms with Crippen molar-refractivity contribution < 1.29 is 8.96 Å². The summed E-state index contributed by atoms with van der Waals surface area (Å²) in [5, 5.41) is 0. The van der Waals surface area contributed by atoms with Crippen LogP contribution in [0.3, 0.4) is 0 Å². The van der Waals surface area contributed by atoms with Crippen LogP contribution >= 0.6 is 0 Å². The van der Waals surface area contributed by atoms with E-state index in [2.05, 4.69) is 93.4 Å². The summed E-state index contributed by atoms with van der Waals surface area (Å²) in [4.78, 5) is 0. The number of para-hydroxylation sites is 2. The normalized spacial score (nSPS) is 16.4. The van der Waals surface area contributed by atoms with Crippen molar-refractivity contribution in [3.05, 3.63) is 89.0 Å². The first-order chi connectivity index (χ1) is 14.1. The number of halogens is 1. The molecule has 1 aliphatic heterocycles. The van der Waals surface area contributed by atoms with Gasteiger partial charge in [-0.2, -0.15) is 0 Å². The van der Waals surface area contributed by atoms with Crippen LogP contribution < -0.4 is 4.57 Å². The lowest BCUT2D eigenvalue weighted by molar-refractivity contribution is -0.573. The largest absolute Gasteiger partial charge is 0.291 e. The van der Waals surface area contributed by atoms with E-state index in [0.717, 1.165) is 28.0 Å². The lowest BCUT2D eigenvalue weighted by atomic mass is 9.61. The predicted molar refractivity (Wildman–Crippen MR) is 119 cm³/mol. The van der Waals surface area contributed by atoms with Gasteiger partial charge in [-0.05, 0) is 65.1 Å². The average Bonchev–Trinajstić information content (AvgIpc) is 3.04. The first-order valence-electron chi connectivity index (χ1n) is 10.5. The third kappa shape index (κ3) is 2.32. The van der Waals surface area contributed by atoms with E-state index in [4.69, 9.17) is 0 Å². The fraction of sp³-hybridized carbons (Fsp3) is 0.296. The first kappa shape index (κ1) is 19.0. The Hall–Kier alpha value is -2.94. The highest BCUT2D eigenvalue weighted by atomic mass is 19.1. The number of hydrogen-bond donors (Lipinski definition) is 0. The first-order valence-corrected chi connectivity index (χ1v) is 10.5. The van der Waals surface area contributed by atoms with Gasteiger partial charge in [0.25, 0.3) is 6.33 Å². The molecule has 1 aromatic heterocycles. The Kier molecular flexibility index (Phi) is 3.83. The molecule has 5 rings (SSSR count). The second-order valence-electron chi connectivity index (χ2n) is 9.60. The monoisotopic (exact) mass is 398 g/mol. The van der Waals surface area contributed by atoms with Gasteiger partial charge in [0.1, 0.15) is 5.82 Å². The Labute approximate surface area is 177 Å². The maximum absolute atomic E-state index is 14.4. The Morgan fingerprint density at radius 3 is 2.17 bits per heavy atom. The Morgan fingerprint density at radius 2 is 1.47 bits per heavy atom. The van der Waals surface area contributed by atoms with Crippen LogP contribution in [0.1, 0.15) is 49.9 Å². The Bertz CT molecular complexity index is 1300. The molecule has 2 heterocycles. The molecule has 4 aromatic rings. The summed E-state index contributed by atoms with van der Waals surface area (Å²) >= 11 is 0. The molecule has 0 aliphatic carbocycles. The van der Waals surface area contributed by atoms with Gasteiger partial charge in [-0.15, -0.1) is 0 Å². The van der Waals surface area contributed by atoms with E-state index in [9.17, 15) is 4.39 Å². The third-order valence-corrected chi connectivity index (χ3v) is 7.45. The van der Waals surface area contributed by atoms with Crippen LogP contribution in [0.4, 0.5) is 4.39 Å². The highest BCUT2D eigenvalue weighted by molar-refractivity contribution is 5.81. The molecule has 1 aliphatic rings. The summed E-state index contributed by atoms with van der Waals surface area (Å²) < 4.78 is 18.7. The summed E-state index contributed by atoms with van der Waals surface area (Å²) in [5.74, 6) is -0.199. The van der Waals surface area contributed by atoms with Crippen molar-refractivity contribution in [3.8, 4) is 11.4 Å². The number of aromatic nitrogens is 2. The van der Waals surface area contributed by atoms with Gasteiger partial charge in [0.15, 0.2) is 0 Å². The summed E-state index contributed by atoms with van der Waals surface area (Å²) in [6.45, 7) is 13.2. The molecule has 0 amide bonds. The number of imidazole rings is 1.